The zero-order chi connectivity index (χ0) is 15.4. The molecule has 0 bridgehead atoms. The molecule has 0 aliphatic carbocycles. The fraction of sp³-hybridized carbons (Fsp3) is 0.300. The van der Waals surface area contributed by atoms with Crippen LogP contribution < -0.4 is 0 Å². The molecule has 0 aliphatic heterocycles. The van der Waals surface area contributed by atoms with Crippen molar-refractivity contribution in [2.75, 3.05) is 0 Å². The van der Waals surface area contributed by atoms with Crippen LogP contribution >= 0.6 is 0 Å². The molecule has 0 N–H and O–H groups in total. The second-order valence-corrected chi connectivity index (χ2v) is 4.15. The van der Waals surface area contributed by atoms with Gasteiger partial charge >= 0.3 is 0 Å². The Morgan fingerprint density at radius 1 is 0.500 bits per heavy atom. The SMILES string of the molecule is CC.CC.Cc1ccc(/C=C/c2ccc(C)cc2)cc1. The summed E-state index contributed by atoms with van der Waals surface area (Å²) in [4.78, 5) is 0. The fourth-order valence-electron chi connectivity index (χ4n) is 1.55. The predicted molar refractivity (Wildman–Crippen MR) is 94.0 cm³/mol. The molecule has 0 aliphatic rings. The maximum absolute atomic E-state index is 2.14. The number of hydrogen-bond donors (Lipinski definition) is 0. The molecule has 0 radical (unpaired) electrons. The minimum absolute atomic E-state index is 1.24. The molecule has 0 aromatic heterocycles. The average molecular weight is 268 g/mol. The molecule has 2 aromatic carbocycles. The Bertz CT molecular complexity index is 425. The summed E-state index contributed by atoms with van der Waals surface area (Å²) in [7, 11) is 0. The molecular formula is C20H28. The predicted octanol–water partition coefficient (Wildman–Crippen LogP) is 6.53. The minimum atomic E-state index is 1.24. The Hall–Kier alpha value is -1.82. The lowest BCUT2D eigenvalue weighted by Crippen LogP contribution is -1.75. The zero-order valence-corrected chi connectivity index (χ0v) is 13.8. The Morgan fingerprint density at radius 2 is 0.750 bits per heavy atom. The van der Waals surface area contributed by atoms with Gasteiger partial charge in [-0.15, -0.1) is 0 Å². The van der Waals surface area contributed by atoms with E-state index in [0.29, 0.717) is 0 Å². The summed E-state index contributed by atoms with van der Waals surface area (Å²) in [6.07, 6.45) is 4.29. The second-order valence-electron chi connectivity index (χ2n) is 4.15. The molecule has 0 fully saturated rings. The van der Waals surface area contributed by atoms with Gasteiger partial charge in [0.05, 0.1) is 0 Å². The molecule has 2 rings (SSSR count). The highest BCUT2D eigenvalue weighted by Crippen LogP contribution is 2.10. The van der Waals surface area contributed by atoms with E-state index in [9.17, 15) is 0 Å². The van der Waals surface area contributed by atoms with E-state index in [2.05, 4.69) is 74.5 Å². The van der Waals surface area contributed by atoms with E-state index in [1.807, 2.05) is 27.7 Å². The molecule has 0 unspecified atom stereocenters. The van der Waals surface area contributed by atoms with Gasteiger partial charge in [-0.1, -0.05) is 99.5 Å². The summed E-state index contributed by atoms with van der Waals surface area (Å²) in [5.74, 6) is 0. The number of rotatable bonds is 2. The first-order chi connectivity index (χ1) is 9.74. The molecule has 0 nitrogen and oxygen atoms in total. The summed E-state index contributed by atoms with van der Waals surface area (Å²) in [5, 5.41) is 0. The van der Waals surface area contributed by atoms with Crippen LogP contribution in [0.25, 0.3) is 12.2 Å². The summed E-state index contributed by atoms with van der Waals surface area (Å²) in [6, 6.07) is 17.1. The van der Waals surface area contributed by atoms with E-state index in [4.69, 9.17) is 0 Å². The van der Waals surface area contributed by atoms with Crippen LogP contribution in [-0.2, 0) is 0 Å². The third-order valence-corrected chi connectivity index (χ3v) is 2.62. The van der Waals surface area contributed by atoms with Crippen molar-refractivity contribution in [1.29, 1.82) is 0 Å². The second kappa shape index (κ2) is 11.0. The number of hydrogen-bond acceptors (Lipinski definition) is 0. The van der Waals surface area contributed by atoms with Gasteiger partial charge in [0.1, 0.15) is 0 Å². The molecule has 108 valence electrons. The Morgan fingerprint density at radius 3 is 1.00 bits per heavy atom. The Labute approximate surface area is 125 Å². The van der Waals surface area contributed by atoms with Crippen LogP contribution in [0.4, 0.5) is 0 Å². The van der Waals surface area contributed by atoms with E-state index >= 15 is 0 Å². The number of aryl methyl sites for hydroxylation is 2. The highest BCUT2D eigenvalue weighted by molar-refractivity contribution is 5.69. The lowest BCUT2D eigenvalue weighted by Gasteiger charge is -1.96. The van der Waals surface area contributed by atoms with Crippen molar-refractivity contribution in [2.45, 2.75) is 41.5 Å². The summed E-state index contributed by atoms with van der Waals surface area (Å²) in [6.45, 7) is 12.2. The van der Waals surface area contributed by atoms with Crippen molar-refractivity contribution in [3.8, 4) is 0 Å². The van der Waals surface area contributed by atoms with E-state index in [1.165, 1.54) is 22.3 Å². The monoisotopic (exact) mass is 268 g/mol. The lowest BCUT2D eigenvalue weighted by molar-refractivity contribution is 1.46. The number of benzene rings is 2. The molecule has 0 heterocycles. The first kappa shape index (κ1) is 18.2. The van der Waals surface area contributed by atoms with E-state index in [-0.39, 0.29) is 0 Å². The molecule has 0 heteroatoms. The van der Waals surface area contributed by atoms with Gasteiger partial charge in [-0.3, -0.25) is 0 Å². The smallest absolute Gasteiger partial charge is 0.0256 e. The van der Waals surface area contributed by atoms with Gasteiger partial charge in [-0.2, -0.15) is 0 Å². The summed E-state index contributed by atoms with van der Waals surface area (Å²) < 4.78 is 0. The van der Waals surface area contributed by atoms with Crippen LogP contribution in [0.1, 0.15) is 49.9 Å². The van der Waals surface area contributed by atoms with Gasteiger partial charge in [0.2, 0.25) is 0 Å². The first-order valence-corrected chi connectivity index (χ1v) is 7.55. The van der Waals surface area contributed by atoms with Gasteiger partial charge < -0.3 is 0 Å². The van der Waals surface area contributed by atoms with Gasteiger partial charge in [-0.25, -0.2) is 0 Å². The van der Waals surface area contributed by atoms with Crippen molar-refractivity contribution in [3.63, 3.8) is 0 Å². The van der Waals surface area contributed by atoms with Crippen LogP contribution in [0, 0.1) is 13.8 Å². The quantitative estimate of drug-likeness (QED) is 0.543. The molecular weight excluding hydrogens is 240 g/mol. The van der Waals surface area contributed by atoms with E-state index < -0.39 is 0 Å². The first-order valence-electron chi connectivity index (χ1n) is 7.55. The molecule has 0 saturated carbocycles. The average Bonchev–Trinajstić information content (AvgIpc) is 2.52. The minimum Gasteiger partial charge on any atom is -0.0683 e. The molecule has 0 saturated heterocycles. The van der Waals surface area contributed by atoms with Crippen molar-refractivity contribution in [3.05, 3.63) is 70.8 Å². The third kappa shape index (κ3) is 6.94. The van der Waals surface area contributed by atoms with Crippen LogP contribution in [-0.4, -0.2) is 0 Å². The van der Waals surface area contributed by atoms with Crippen LogP contribution in [0.3, 0.4) is 0 Å². The molecule has 2 aromatic rings. The zero-order valence-electron chi connectivity index (χ0n) is 13.8. The Balaban J connectivity index is 0.000000829. The maximum atomic E-state index is 2.14. The standard InChI is InChI=1S/C16H16.2C2H6/c1-13-3-7-15(8-4-13)11-12-16-9-5-14(2)6-10-16;2*1-2/h3-12H,1-2H3;2*1-2H3/b12-11+;;. The van der Waals surface area contributed by atoms with Crippen molar-refractivity contribution >= 4 is 12.2 Å². The normalized spacial score (nSPS) is 9.30. The van der Waals surface area contributed by atoms with E-state index in [1.54, 1.807) is 0 Å². The van der Waals surface area contributed by atoms with Gasteiger partial charge in [0.25, 0.3) is 0 Å². The molecule has 20 heavy (non-hydrogen) atoms. The van der Waals surface area contributed by atoms with Crippen LogP contribution in [0.15, 0.2) is 48.5 Å². The maximum Gasteiger partial charge on any atom is -0.0256 e. The summed E-state index contributed by atoms with van der Waals surface area (Å²) >= 11 is 0. The molecule has 0 atom stereocenters. The van der Waals surface area contributed by atoms with Crippen LogP contribution in [0.5, 0.6) is 0 Å². The molecule has 0 spiro atoms. The fourth-order valence-corrected chi connectivity index (χ4v) is 1.55. The van der Waals surface area contributed by atoms with Gasteiger partial charge in [0, 0.05) is 0 Å². The van der Waals surface area contributed by atoms with Gasteiger partial charge in [0.15, 0.2) is 0 Å². The van der Waals surface area contributed by atoms with Gasteiger partial charge in [-0.05, 0) is 25.0 Å². The highest BCUT2D eigenvalue weighted by atomic mass is 13.9. The van der Waals surface area contributed by atoms with E-state index in [0.717, 1.165) is 0 Å². The van der Waals surface area contributed by atoms with Crippen molar-refractivity contribution in [1.82, 2.24) is 0 Å². The summed E-state index contributed by atoms with van der Waals surface area (Å²) in [5.41, 5.74) is 5.08. The topological polar surface area (TPSA) is 0 Å². The molecule has 0 amide bonds. The van der Waals surface area contributed by atoms with Crippen molar-refractivity contribution in [2.24, 2.45) is 0 Å². The Kier molecular flexibility index (Phi) is 10.0. The third-order valence-electron chi connectivity index (χ3n) is 2.62. The largest absolute Gasteiger partial charge is 0.0683 e. The van der Waals surface area contributed by atoms with Crippen LogP contribution in [0.2, 0.25) is 0 Å². The van der Waals surface area contributed by atoms with Crippen molar-refractivity contribution < 1.29 is 0 Å². The lowest BCUT2D eigenvalue weighted by atomic mass is 10.1. The highest BCUT2D eigenvalue weighted by Gasteiger charge is 1.88.